The van der Waals surface area contributed by atoms with Gasteiger partial charge in [0.1, 0.15) is 0 Å². The zero-order chi connectivity index (χ0) is 17.2. The van der Waals surface area contributed by atoms with Crippen molar-refractivity contribution in [2.45, 2.75) is 25.4 Å². The molecule has 0 aliphatic heterocycles. The Labute approximate surface area is 138 Å². The fourth-order valence-electron chi connectivity index (χ4n) is 7.64. The standard InChI is InChI=1S/C17H13F3O2.C2H6/c1-22-14(21)16-11-8-12(16)10-13(16)9(11)15(8,10)6-2-4-7(5-3-6)17(18,19)20;1-2/h2-5,8-13H,1H3;1-2H3. The van der Waals surface area contributed by atoms with Crippen LogP contribution in [0.2, 0.25) is 0 Å². The molecule has 0 unspecified atom stereocenters. The molecule has 6 aliphatic rings. The van der Waals surface area contributed by atoms with Gasteiger partial charge in [0.2, 0.25) is 0 Å². The molecule has 6 fully saturated rings. The molecular formula is C19H19F3O2. The average Bonchev–Trinajstić information content (AvgIpc) is 2.61. The third-order valence-electron chi connectivity index (χ3n) is 7.88. The van der Waals surface area contributed by atoms with Crippen molar-refractivity contribution < 1.29 is 22.7 Å². The maximum absolute atomic E-state index is 12.7. The number of carbonyl (C=O) groups is 1. The Morgan fingerprint density at radius 2 is 1.42 bits per heavy atom. The molecule has 0 saturated heterocycles. The van der Waals surface area contributed by atoms with Gasteiger partial charge in [-0.1, -0.05) is 26.0 Å². The van der Waals surface area contributed by atoms with Gasteiger partial charge in [0, 0.05) is 5.41 Å². The van der Waals surface area contributed by atoms with Crippen LogP contribution in [0.3, 0.4) is 0 Å². The number of hydrogen-bond donors (Lipinski definition) is 0. The number of halogens is 3. The van der Waals surface area contributed by atoms with Gasteiger partial charge in [-0.05, 0) is 53.2 Å². The molecule has 128 valence electrons. The Kier molecular flexibility index (Phi) is 2.36. The van der Waals surface area contributed by atoms with Gasteiger partial charge in [0.25, 0.3) is 0 Å². The fraction of sp³-hybridized carbons (Fsp3) is 0.632. The Morgan fingerprint density at radius 1 is 0.958 bits per heavy atom. The van der Waals surface area contributed by atoms with Gasteiger partial charge in [-0.15, -0.1) is 0 Å². The summed E-state index contributed by atoms with van der Waals surface area (Å²) in [6.07, 6.45) is -4.28. The summed E-state index contributed by atoms with van der Waals surface area (Å²) in [7, 11) is 1.45. The molecule has 0 amide bonds. The van der Waals surface area contributed by atoms with E-state index < -0.39 is 11.7 Å². The molecule has 1 aromatic carbocycles. The Hall–Kier alpha value is -1.52. The van der Waals surface area contributed by atoms with Crippen molar-refractivity contribution >= 4 is 5.97 Å². The summed E-state index contributed by atoms with van der Waals surface area (Å²) in [5.41, 5.74) is 0.407. The van der Waals surface area contributed by atoms with Gasteiger partial charge in [-0.3, -0.25) is 4.79 Å². The van der Waals surface area contributed by atoms with Gasteiger partial charge in [-0.2, -0.15) is 13.2 Å². The highest BCUT2D eigenvalue weighted by Gasteiger charge is 3.11. The predicted octanol–water partition coefficient (Wildman–Crippen LogP) is 3.89. The highest BCUT2D eigenvalue weighted by molar-refractivity contribution is 5.89. The number of esters is 1. The number of rotatable bonds is 2. The van der Waals surface area contributed by atoms with E-state index in [1.807, 2.05) is 13.8 Å². The maximum Gasteiger partial charge on any atom is 0.416 e. The van der Waals surface area contributed by atoms with Crippen molar-refractivity contribution in [2.75, 3.05) is 7.11 Å². The van der Waals surface area contributed by atoms with Crippen LogP contribution >= 0.6 is 0 Å². The molecule has 7 rings (SSSR count). The lowest BCUT2D eigenvalue weighted by molar-refractivity contribution is -0.613. The monoisotopic (exact) mass is 336 g/mol. The van der Waals surface area contributed by atoms with Crippen molar-refractivity contribution in [3.8, 4) is 0 Å². The molecule has 0 N–H and O–H groups in total. The van der Waals surface area contributed by atoms with E-state index in [1.165, 1.54) is 19.2 Å². The van der Waals surface area contributed by atoms with Crippen LogP contribution < -0.4 is 0 Å². The first-order valence-corrected chi connectivity index (χ1v) is 8.69. The van der Waals surface area contributed by atoms with Crippen LogP contribution in [0.4, 0.5) is 13.2 Å². The molecule has 5 heteroatoms. The number of benzene rings is 1. The summed E-state index contributed by atoms with van der Waals surface area (Å²) in [4.78, 5) is 12.0. The molecule has 24 heavy (non-hydrogen) atoms. The van der Waals surface area contributed by atoms with Crippen LogP contribution in [0.15, 0.2) is 24.3 Å². The van der Waals surface area contributed by atoms with Crippen molar-refractivity contribution in [2.24, 2.45) is 40.9 Å². The predicted molar refractivity (Wildman–Crippen MR) is 79.9 cm³/mol. The van der Waals surface area contributed by atoms with Crippen molar-refractivity contribution in [1.29, 1.82) is 0 Å². The van der Waals surface area contributed by atoms with Gasteiger partial charge < -0.3 is 4.74 Å². The minimum atomic E-state index is -4.28. The molecule has 2 nitrogen and oxygen atoms in total. The average molecular weight is 336 g/mol. The normalized spacial score (nSPS) is 49.8. The van der Waals surface area contributed by atoms with E-state index in [0.29, 0.717) is 35.5 Å². The molecule has 6 aliphatic carbocycles. The largest absolute Gasteiger partial charge is 0.469 e. The minimum Gasteiger partial charge on any atom is -0.469 e. The summed E-state index contributed by atoms with van der Waals surface area (Å²) in [5, 5.41) is 0. The first-order valence-electron chi connectivity index (χ1n) is 8.69. The number of carbonyl (C=O) groups excluding carboxylic acids is 1. The summed E-state index contributed by atoms with van der Waals surface area (Å²) in [6, 6.07) is 5.73. The third-order valence-corrected chi connectivity index (χ3v) is 7.88. The second kappa shape index (κ2) is 3.83. The van der Waals surface area contributed by atoms with Gasteiger partial charge in [-0.25, -0.2) is 0 Å². The maximum atomic E-state index is 12.7. The highest BCUT2D eigenvalue weighted by Crippen LogP contribution is 3.09. The van der Waals surface area contributed by atoms with Crippen molar-refractivity contribution in [3.63, 3.8) is 0 Å². The molecule has 0 atom stereocenters. The number of methoxy groups -OCH3 is 1. The van der Waals surface area contributed by atoms with E-state index in [1.54, 1.807) is 12.1 Å². The fourth-order valence-corrected chi connectivity index (χ4v) is 7.64. The van der Waals surface area contributed by atoms with Crippen molar-refractivity contribution in [3.05, 3.63) is 35.4 Å². The SMILES string of the molecule is CC.COC(=O)C12C3C4C1C1C2C3C41c1ccc(C(F)(F)F)cc1. The van der Waals surface area contributed by atoms with E-state index in [2.05, 4.69) is 0 Å². The summed E-state index contributed by atoms with van der Waals surface area (Å²) >= 11 is 0. The first kappa shape index (κ1) is 14.8. The van der Waals surface area contributed by atoms with E-state index >= 15 is 0 Å². The lowest BCUT2D eigenvalue weighted by atomic mass is 8.92. The molecule has 6 saturated carbocycles. The van der Waals surface area contributed by atoms with Crippen LogP contribution in [-0.2, 0) is 21.1 Å². The molecule has 0 radical (unpaired) electrons. The molecule has 0 heterocycles. The van der Waals surface area contributed by atoms with Crippen molar-refractivity contribution in [1.82, 2.24) is 0 Å². The van der Waals surface area contributed by atoms with Crippen LogP contribution in [0, 0.1) is 40.9 Å². The molecular weight excluding hydrogens is 317 g/mol. The Bertz CT molecular complexity index is 695. The van der Waals surface area contributed by atoms with E-state index in [9.17, 15) is 18.0 Å². The van der Waals surface area contributed by atoms with E-state index in [-0.39, 0.29) is 16.8 Å². The van der Waals surface area contributed by atoms with E-state index in [0.717, 1.165) is 5.56 Å². The third kappa shape index (κ3) is 0.993. The van der Waals surface area contributed by atoms with Crippen LogP contribution in [-0.4, -0.2) is 13.1 Å². The lowest BCUT2D eigenvalue weighted by Crippen LogP contribution is -3.12. The zero-order valence-electron chi connectivity index (χ0n) is 13.7. The smallest absolute Gasteiger partial charge is 0.416 e. The van der Waals surface area contributed by atoms with Gasteiger partial charge in [0.05, 0.1) is 18.1 Å². The zero-order valence-corrected chi connectivity index (χ0v) is 13.7. The second-order valence-corrected chi connectivity index (χ2v) is 7.59. The van der Waals surface area contributed by atoms with Crippen LogP contribution in [0.5, 0.6) is 0 Å². The summed E-state index contributed by atoms with van der Waals surface area (Å²) in [5.74, 6) is 2.85. The van der Waals surface area contributed by atoms with Crippen LogP contribution in [0.25, 0.3) is 0 Å². The molecule has 0 bridgehead atoms. The lowest BCUT2D eigenvalue weighted by Gasteiger charge is -3.10. The Balaban J connectivity index is 0.000000632. The van der Waals surface area contributed by atoms with Gasteiger partial charge >= 0.3 is 12.1 Å². The summed E-state index contributed by atoms with van der Waals surface area (Å²) in [6.45, 7) is 4.00. The topological polar surface area (TPSA) is 26.3 Å². The number of alkyl halides is 3. The van der Waals surface area contributed by atoms with Crippen LogP contribution in [0.1, 0.15) is 25.0 Å². The summed E-state index contributed by atoms with van der Waals surface area (Å²) < 4.78 is 43.1. The molecule has 1 aromatic rings. The number of hydrogen-bond acceptors (Lipinski definition) is 2. The number of ether oxygens (including phenoxy) is 1. The first-order chi connectivity index (χ1) is 11.4. The quantitative estimate of drug-likeness (QED) is 0.766. The molecule has 0 aromatic heterocycles. The highest BCUT2D eigenvalue weighted by atomic mass is 19.4. The van der Waals surface area contributed by atoms with Gasteiger partial charge in [0.15, 0.2) is 0 Å². The van der Waals surface area contributed by atoms with E-state index in [4.69, 9.17) is 4.74 Å². The molecule has 0 spiro atoms. The Morgan fingerprint density at radius 3 is 1.79 bits per heavy atom. The minimum absolute atomic E-state index is 0.0445. The second-order valence-electron chi connectivity index (χ2n) is 7.59.